The minimum Gasteiger partial charge on any atom is -0.462 e. The number of halogens is 1. The average Bonchev–Trinajstić information content (AvgIpc) is 3.34. The van der Waals surface area contributed by atoms with Gasteiger partial charge < -0.3 is 34.3 Å². The monoisotopic (exact) mass is 708 g/mol. The summed E-state index contributed by atoms with van der Waals surface area (Å²) in [6, 6.07) is 0. The van der Waals surface area contributed by atoms with Gasteiger partial charge in [0, 0.05) is 67.1 Å². The fourth-order valence-electron chi connectivity index (χ4n) is 12.5. The molecule has 0 amide bonds. The molecule has 0 bridgehead atoms. The third kappa shape index (κ3) is 4.23. The number of fused-ring (bicyclic) bond motifs is 9. The molecule has 0 unspecified atom stereocenters. The van der Waals surface area contributed by atoms with Crippen LogP contribution in [0.3, 0.4) is 0 Å². The zero-order valence-corrected chi connectivity index (χ0v) is 30.4. The van der Waals surface area contributed by atoms with E-state index < -0.39 is 128 Å². The first-order valence-electron chi connectivity index (χ1n) is 17.2. The summed E-state index contributed by atoms with van der Waals surface area (Å²) < 4.78 is 24.1. The Morgan fingerprint density at radius 1 is 0.837 bits per heavy atom. The maximum atomic E-state index is 14.6. The van der Waals surface area contributed by atoms with Gasteiger partial charge in [-0.05, 0) is 43.6 Å². The van der Waals surface area contributed by atoms with E-state index in [1.54, 1.807) is 26.8 Å². The number of hydrogen-bond donors (Lipinski definition) is 3. The van der Waals surface area contributed by atoms with Crippen molar-refractivity contribution in [2.45, 2.75) is 117 Å². The number of carbonyl (C=O) groups is 5. The van der Waals surface area contributed by atoms with Crippen LogP contribution in [0.5, 0.6) is 0 Å². The Kier molecular flexibility index (Phi) is 8.13. The Labute approximate surface area is 291 Å². The van der Waals surface area contributed by atoms with Crippen molar-refractivity contribution in [1.29, 1.82) is 0 Å². The molecule has 12 nitrogen and oxygen atoms in total. The lowest BCUT2D eigenvalue weighted by atomic mass is 9.38. The molecule has 0 radical (unpaired) electrons. The lowest BCUT2D eigenvalue weighted by Gasteiger charge is -2.69. The van der Waals surface area contributed by atoms with Crippen molar-refractivity contribution in [1.82, 2.24) is 0 Å². The predicted molar refractivity (Wildman–Crippen MR) is 171 cm³/mol. The Morgan fingerprint density at radius 2 is 1.39 bits per heavy atom. The second kappa shape index (κ2) is 11.0. The van der Waals surface area contributed by atoms with Gasteiger partial charge in [0.2, 0.25) is 0 Å². The topological polar surface area (TPSA) is 183 Å². The highest BCUT2D eigenvalue weighted by molar-refractivity contribution is 6.21. The van der Waals surface area contributed by atoms with E-state index in [2.05, 4.69) is 0 Å². The number of Topliss-reactive ketones (excluding diaryl/α,β-unsaturated/α-hetero) is 1. The van der Waals surface area contributed by atoms with E-state index in [0.717, 1.165) is 0 Å². The minimum atomic E-state index is -2.25. The summed E-state index contributed by atoms with van der Waals surface area (Å²) in [7, 11) is 0. The van der Waals surface area contributed by atoms with Gasteiger partial charge >= 0.3 is 23.9 Å². The van der Waals surface area contributed by atoms with Crippen molar-refractivity contribution in [3.8, 4) is 0 Å². The van der Waals surface area contributed by atoms with E-state index in [1.165, 1.54) is 27.7 Å². The molecule has 5 fully saturated rings. The van der Waals surface area contributed by atoms with Crippen molar-refractivity contribution in [3.05, 3.63) is 11.8 Å². The van der Waals surface area contributed by atoms with Crippen molar-refractivity contribution in [3.63, 3.8) is 0 Å². The molecule has 1 heterocycles. The lowest BCUT2D eigenvalue weighted by Crippen LogP contribution is -2.79. The normalized spacial score (nSPS) is 54.2. The van der Waals surface area contributed by atoms with E-state index in [9.17, 15) is 39.3 Å². The van der Waals surface area contributed by atoms with Crippen LogP contribution in [0.15, 0.2) is 11.8 Å². The first-order chi connectivity index (χ1) is 22.4. The number of carbonyl (C=O) groups excluding carboxylic acids is 5. The van der Waals surface area contributed by atoms with Crippen LogP contribution in [0.2, 0.25) is 0 Å². The van der Waals surface area contributed by atoms with Gasteiger partial charge in [-0.1, -0.05) is 34.6 Å². The summed E-state index contributed by atoms with van der Waals surface area (Å²) in [5.74, 6) is -9.18. The number of aliphatic hydroxyl groups excluding tert-OH is 1. The summed E-state index contributed by atoms with van der Waals surface area (Å²) in [5, 5.41) is 35.9. The lowest BCUT2D eigenvalue weighted by molar-refractivity contribution is -0.290. The first-order valence-corrected chi connectivity index (χ1v) is 17.7. The summed E-state index contributed by atoms with van der Waals surface area (Å²) in [4.78, 5) is 66.5. The molecule has 0 aromatic carbocycles. The van der Waals surface area contributed by atoms with Crippen LogP contribution < -0.4 is 0 Å². The Morgan fingerprint density at radius 3 is 1.94 bits per heavy atom. The number of rotatable bonds is 3. The van der Waals surface area contributed by atoms with E-state index >= 15 is 0 Å². The molecule has 1 aliphatic heterocycles. The van der Waals surface area contributed by atoms with Gasteiger partial charge in [0.25, 0.3) is 0 Å². The first kappa shape index (κ1) is 36.3. The second-order valence-electron chi connectivity index (χ2n) is 16.6. The number of alkyl halides is 1. The van der Waals surface area contributed by atoms with Crippen LogP contribution in [0.4, 0.5) is 0 Å². The molecular weight excluding hydrogens is 660 g/mol. The number of aliphatic hydroxyl groups is 3. The second-order valence-corrected chi connectivity index (χ2v) is 17.2. The van der Waals surface area contributed by atoms with Crippen molar-refractivity contribution in [2.75, 3.05) is 0 Å². The number of allylic oxidation sites excluding steroid dienone is 1. The van der Waals surface area contributed by atoms with Gasteiger partial charge in [-0.3, -0.25) is 19.2 Å². The maximum Gasteiger partial charge on any atom is 0.343 e. The van der Waals surface area contributed by atoms with Crippen LogP contribution in [-0.2, 0) is 42.9 Å². The highest BCUT2D eigenvalue weighted by atomic mass is 35.5. The molecule has 0 aromatic rings. The highest BCUT2D eigenvalue weighted by Gasteiger charge is 2.83. The predicted octanol–water partition coefficient (Wildman–Crippen LogP) is 2.71. The van der Waals surface area contributed by atoms with Crippen LogP contribution >= 0.6 is 11.6 Å². The molecule has 49 heavy (non-hydrogen) atoms. The number of hydrogen-bond acceptors (Lipinski definition) is 12. The molecule has 272 valence electrons. The van der Waals surface area contributed by atoms with E-state index in [4.69, 9.17) is 30.5 Å². The standard InChI is InChI=1S/C36H49ClO12/c1-13-11-20-33(8,35(10,44)31(43)49-20)25-22(13)32(7)24(27(25)46-16(4)38)21-23(15(3)29(32)47-17(5)39)34(9)30(48-18(6)40)14(2)19(37)12-36(34,45)28(42)26(21)41/h11,13-15,19,21-27,29-30,41,44-45H,12H2,1-10H3/t13-,14+,15+,19-,21-,22+,23+,24-,25+,26-,27-,29+,30+,32-,33+,34+,35-,36+/m1/s1. The molecule has 18 atom stereocenters. The molecular formula is C36H49ClO12. The fraction of sp³-hybridized carbons (Fsp3) is 0.806. The van der Waals surface area contributed by atoms with Crippen LogP contribution in [0.1, 0.15) is 75.7 Å². The smallest absolute Gasteiger partial charge is 0.343 e. The minimum absolute atomic E-state index is 0.223. The third-order valence-electron chi connectivity index (χ3n) is 14.4. The van der Waals surface area contributed by atoms with Gasteiger partial charge in [-0.2, -0.15) is 0 Å². The molecule has 1 saturated heterocycles. The number of ether oxygens (including phenoxy) is 4. The van der Waals surface area contributed by atoms with Gasteiger partial charge in [0.15, 0.2) is 11.4 Å². The van der Waals surface area contributed by atoms with Crippen LogP contribution in [-0.4, -0.2) is 86.0 Å². The zero-order valence-electron chi connectivity index (χ0n) is 29.7. The Bertz CT molecular complexity index is 1540. The van der Waals surface area contributed by atoms with Crippen LogP contribution in [0.25, 0.3) is 0 Å². The van der Waals surface area contributed by atoms with Crippen molar-refractivity contribution < 1.29 is 58.2 Å². The third-order valence-corrected chi connectivity index (χ3v) is 15.0. The molecule has 13 heteroatoms. The molecule has 0 spiro atoms. The highest BCUT2D eigenvalue weighted by Crippen LogP contribution is 2.76. The van der Waals surface area contributed by atoms with E-state index in [0.29, 0.717) is 0 Å². The van der Waals surface area contributed by atoms with Gasteiger partial charge in [-0.15, -0.1) is 11.6 Å². The summed E-state index contributed by atoms with van der Waals surface area (Å²) >= 11 is 6.75. The molecule has 0 aromatic heterocycles. The van der Waals surface area contributed by atoms with E-state index in [1.807, 2.05) is 20.8 Å². The SMILES string of the molecule is CC(=O)O[C@@H]1[C@H]2[C@H]3[C@H]([C@H](C)[C@H](OC(C)=O)[C@]2(C)[C@@H]2[C@@H]1[C@]1(C)C(=C[C@H]2C)OC(=O)[C@@]1(C)O)[C@@]1(C)[C@@H](OC(C)=O)[C@@H](C)[C@H](Cl)C[C@]1(O)C(=O)[C@@H]3O. The average molecular weight is 709 g/mol. The summed E-state index contributed by atoms with van der Waals surface area (Å²) in [5.41, 5.74) is -8.44. The molecule has 3 N–H and O–H groups in total. The van der Waals surface area contributed by atoms with Gasteiger partial charge in [-0.25, -0.2) is 4.79 Å². The molecule has 4 saturated carbocycles. The number of esters is 4. The maximum absolute atomic E-state index is 14.6. The molecule has 5 aliphatic carbocycles. The molecule has 6 aliphatic rings. The van der Waals surface area contributed by atoms with Gasteiger partial charge in [0.05, 0.1) is 5.41 Å². The number of ketones is 1. The van der Waals surface area contributed by atoms with E-state index in [-0.39, 0.29) is 18.1 Å². The quantitative estimate of drug-likeness (QED) is 0.222. The largest absolute Gasteiger partial charge is 0.462 e. The Balaban J connectivity index is 1.67. The van der Waals surface area contributed by atoms with Crippen molar-refractivity contribution >= 4 is 41.3 Å². The zero-order chi connectivity index (χ0) is 36.7. The van der Waals surface area contributed by atoms with Crippen molar-refractivity contribution in [2.24, 2.45) is 63.6 Å². The van der Waals surface area contributed by atoms with Gasteiger partial charge in [0.1, 0.15) is 35.8 Å². The fourth-order valence-corrected chi connectivity index (χ4v) is 12.9. The van der Waals surface area contributed by atoms with Crippen LogP contribution in [0, 0.1) is 63.6 Å². The molecule has 6 rings (SSSR count). The summed E-state index contributed by atoms with van der Waals surface area (Å²) in [6.45, 7) is 15.9. The Hall–Kier alpha value is -2.54. The summed E-state index contributed by atoms with van der Waals surface area (Å²) in [6.07, 6.45) is -3.41.